The van der Waals surface area contributed by atoms with Gasteiger partial charge in [0.2, 0.25) is 0 Å². The maximum absolute atomic E-state index is 13.5. The number of hydrogen-bond donors (Lipinski definition) is 1. The number of amides is 1. The molecule has 1 aliphatic rings. The highest BCUT2D eigenvalue weighted by Crippen LogP contribution is 2.45. The lowest BCUT2D eigenvalue weighted by atomic mass is 9.85. The second-order valence-corrected chi connectivity index (χ2v) is 11.2. The van der Waals surface area contributed by atoms with Gasteiger partial charge in [0.1, 0.15) is 11.5 Å². The lowest BCUT2D eigenvalue weighted by Crippen LogP contribution is -2.29. The first-order valence-corrected chi connectivity index (χ1v) is 12.8. The van der Waals surface area contributed by atoms with Crippen LogP contribution in [0.25, 0.3) is 16.0 Å². The number of aliphatic hydroxyl groups excluding tert-OH is 1. The molecule has 0 aliphatic carbocycles. The molecule has 1 atom stereocenters. The molecule has 1 N–H and O–H groups in total. The molecular weight excluding hydrogens is 484 g/mol. The molecule has 1 saturated heterocycles. The first kappa shape index (κ1) is 24.7. The smallest absolute Gasteiger partial charge is 0.301 e. The van der Waals surface area contributed by atoms with Crippen molar-refractivity contribution in [3.05, 3.63) is 94.6 Å². The second-order valence-electron chi connectivity index (χ2n) is 10.2. The number of aromatic nitrogens is 1. The number of para-hydroxylation sites is 1. The molecule has 1 aromatic heterocycles. The van der Waals surface area contributed by atoms with Crippen LogP contribution in [0.1, 0.15) is 49.1 Å². The first-order valence-electron chi connectivity index (χ1n) is 12.0. The summed E-state index contributed by atoms with van der Waals surface area (Å²) in [6, 6.07) is 19.9. The van der Waals surface area contributed by atoms with Crippen LogP contribution >= 0.6 is 11.3 Å². The van der Waals surface area contributed by atoms with Gasteiger partial charge in [-0.1, -0.05) is 80.1 Å². The number of ether oxygens (including phenoxy) is 1. The molecule has 1 unspecified atom stereocenters. The van der Waals surface area contributed by atoms with Crippen LogP contribution < -0.4 is 9.64 Å². The Bertz CT molecular complexity index is 1530. The predicted octanol–water partition coefficient (Wildman–Crippen LogP) is 6.54. The Morgan fingerprint density at radius 1 is 1.03 bits per heavy atom. The summed E-state index contributed by atoms with van der Waals surface area (Å²) in [5.41, 5.74) is 3.76. The van der Waals surface area contributed by atoms with Gasteiger partial charge in [-0.05, 0) is 47.7 Å². The van der Waals surface area contributed by atoms with Gasteiger partial charge in [0.05, 0.1) is 34.5 Å². The molecule has 3 aromatic carbocycles. The Balaban J connectivity index is 1.75. The average Bonchev–Trinajstić information content (AvgIpc) is 3.41. The number of hydrogen-bond acceptors (Lipinski definition) is 6. The fourth-order valence-corrected chi connectivity index (χ4v) is 5.62. The molecule has 1 aliphatic heterocycles. The van der Waals surface area contributed by atoms with Gasteiger partial charge in [-0.2, -0.15) is 0 Å². The second kappa shape index (κ2) is 9.16. The Kier molecular flexibility index (Phi) is 6.12. The van der Waals surface area contributed by atoms with E-state index in [2.05, 4.69) is 25.8 Å². The summed E-state index contributed by atoms with van der Waals surface area (Å²) in [6.07, 6.45) is 0. The molecule has 6 nitrogen and oxygen atoms in total. The minimum atomic E-state index is -0.847. The molecule has 0 saturated carbocycles. The van der Waals surface area contributed by atoms with Crippen molar-refractivity contribution in [2.75, 3.05) is 12.0 Å². The van der Waals surface area contributed by atoms with E-state index in [4.69, 9.17) is 4.74 Å². The number of Topliss-reactive ketones (excluding diaryl/α,β-unsaturated/α-hetero) is 1. The third kappa shape index (κ3) is 4.29. The summed E-state index contributed by atoms with van der Waals surface area (Å²) < 4.78 is 6.38. The topological polar surface area (TPSA) is 79.7 Å². The Labute approximate surface area is 219 Å². The van der Waals surface area contributed by atoms with Crippen molar-refractivity contribution in [2.45, 2.75) is 39.2 Å². The molecular formula is C30H28N2O4S. The Morgan fingerprint density at radius 2 is 1.73 bits per heavy atom. The Hall–Kier alpha value is -3.97. The molecule has 0 radical (unpaired) electrons. The summed E-state index contributed by atoms with van der Waals surface area (Å²) in [5.74, 6) is -1.34. The number of benzene rings is 3. The third-order valence-electron chi connectivity index (χ3n) is 6.64. The largest absolute Gasteiger partial charge is 0.507 e. The molecule has 1 fully saturated rings. The van der Waals surface area contributed by atoms with E-state index >= 15 is 0 Å². The van der Waals surface area contributed by atoms with E-state index < -0.39 is 17.7 Å². The zero-order chi connectivity index (χ0) is 26.5. The van der Waals surface area contributed by atoms with Crippen LogP contribution in [0.2, 0.25) is 0 Å². The molecule has 4 aromatic rings. The van der Waals surface area contributed by atoms with Gasteiger partial charge in [-0.15, -0.1) is 0 Å². The maximum Gasteiger partial charge on any atom is 0.301 e. The molecule has 0 spiro atoms. The predicted molar refractivity (Wildman–Crippen MR) is 147 cm³/mol. The van der Waals surface area contributed by atoms with Crippen molar-refractivity contribution in [1.29, 1.82) is 0 Å². The van der Waals surface area contributed by atoms with Gasteiger partial charge in [-0.3, -0.25) is 14.5 Å². The van der Waals surface area contributed by atoms with Crippen molar-refractivity contribution in [3.8, 4) is 5.75 Å². The highest BCUT2D eigenvalue weighted by atomic mass is 32.1. The van der Waals surface area contributed by atoms with Gasteiger partial charge in [-0.25, -0.2) is 4.98 Å². The monoisotopic (exact) mass is 512 g/mol. The van der Waals surface area contributed by atoms with Crippen LogP contribution in [0.5, 0.6) is 5.75 Å². The van der Waals surface area contributed by atoms with E-state index in [0.717, 1.165) is 21.3 Å². The van der Waals surface area contributed by atoms with Gasteiger partial charge >= 0.3 is 5.91 Å². The van der Waals surface area contributed by atoms with E-state index in [0.29, 0.717) is 22.0 Å². The number of fused-ring (bicyclic) bond motifs is 1. The van der Waals surface area contributed by atoms with Gasteiger partial charge in [0.25, 0.3) is 5.78 Å². The summed E-state index contributed by atoms with van der Waals surface area (Å²) >= 11 is 1.34. The normalized spacial score (nSPS) is 17.5. The SMILES string of the molecule is COc1ccc(C)cc1/C(O)=C1\C(=O)C(=O)N(c2nc3ccccc3s2)C1c1ccc(C(C)(C)C)cc1. The van der Waals surface area contributed by atoms with Crippen LogP contribution in [0.3, 0.4) is 0 Å². The molecule has 1 amide bonds. The van der Waals surface area contributed by atoms with Crippen LogP contribution in [0, 0.1) is 6.92 Å². The van der Waals surface area contributed by atoms with E-state index in [1.165, 1.54) is 23.3 Å². The Morgan fingerprint density at radius 3 is 2.38 bits per heavy atom. The zero-order valence-electron chi connectivity index (χ0n) is 21.4. The molecule has 188 valence electrons. The number of methoxy groups -OCH3 is 1. The first-order chi connectivity index (χ1) is 17.6. The van der Waals surface area contributed by atoms with Crippen molar-refractivity contribution >= 4 is 44.1 Å². The summed E-state index contributed by atoms with van der Waals surface area (Å²) in [4.78, 5) is 33.1. The van der Waals surface area contributed by atoms with E-state index in [1.807, 2.05) is 61.5 Å². The van der Waals surface area contributed by atoms with Crippen LogP contribution in [0.15, 0.2) is 72.3 Å². The zero-order valence-corrected chi connectivity index (χ0v) is 22.2. The van der Waals surface area contributed by atoms with Gasteiger partial charge in [0.15, 0.2) is 5.13 Å². The average molecular weight is 513 g/mol. The van der Waals surface area contributed by atoms with Crippen molar-refractivity contribution in [1.82, 2.24) is 4.98 Å². The fraction of sp³-hybridized carbons (Fsp3) is 0.233. The molecule has 37 heavy (non-hydrogen) atoms. The maximum atomic E-state index is 13.5. The molecule has 2 heterocycles. The van der Waals surface area contributed by atoms with E-state index in [1.54, 1.807) is 12.1 Å². The van der Waals surface area contributed by atoms with Crippen molar-refractivity contribution in [2.24, 2.45) is 0 Å². The third-order valence-corrected chi connectivity index (χ3v) is 7.67. The highest BCUT2D eigenvalue weighted by Gasteiger charge is 2.48. The molecule has 0 bridgehead atoms. The van der Waals surface area contributed by atoms with Crippen LogP contribution in [0.4, 0.5) is 5.13 Å². The molecule has 5 rings (SSSR count). The fourth-order valence-electron chi connectivity index (χ4n) is 4.63. The number of rotatable bonds is 4. The molecule has 7 heteroatoms. The van der Waals surface area contributed by atoms with E-state index in [9.17, 15) is 14.7 Å². The highest BCUT2D eigenvalue weighted by molar-refractivity contribution is 7.22. The number of anilines is 1. The number of thiazole rings is 1. The summed E-state index contributed by atoms with van der Waals surface area (Å²) in [6.45, 7) is 8.26. The standard InChI is InChI=1S/C30H28N2O4S/c1-17-10-15-22(36-5)20(16-17)26(33)24-25(18-11-13-19(14-12-18)30(2,3)4)32(28(35)27(24)34)29-31-21-8-6-7-9-23(21)37-29/h6-16,25,33H,1-5H3/b26-24+. The minimum absolute atomic E-state index is 0.0108. The number of carbonyl (C=O) groups excluding carboxylic acids is 2. The van der Waals surface area contributed by atoms with E-state index in [-0.39, 0.29) is 16.7 Å². The number of carbonyl (C=O) groups is 2. The lowest BCUT2D eigenvalue weighted by molar-refractivity contribution is -0.132. The lowest BCUT2D eigenvalue weighted by Gasteiger charge is -2.25. The van der Waals surface area contributed by atoms with Crippen LogP contribution in [-0.2, 0) is 15.0 Å². The van der Waals surface area contributed by atoms with Gasteiger partial charge in [0, 0.05) is 0 Å². The number of ketones is 1. The van der Waals surface area contributed by atoms with Gasteiger partial charge < -0.3 is 9.84 Å². The quantitative estimate of drug-likeness (QED) is 0.191. The van der Waals surface area contributed by atoms with Crippen molar-refractivity contribution in [3.63, 3.8) is 0 Å². The van der Waals surface area contributed by atoms with Crippen molar-refractivity contribution < 1.29 is 19.4 Å². The number of aliphatic hydroxyl groups is 1. The number of nitrogens with zero attached hydrogens (tertiary/aromatic N) is 2. The number of aryl methyl sites for hydroxylation is 1. The van der Waals surface area contributed by atoms with Crippen LogP contribution in [-0.4, -0.2) is 28.9 Å². The minimum Gasteiger partial charge on any atom is -0.507 e. The summed E-state index contributed by atoms with van der Waals surface area (Å²) in [5, 5.41) is 12.0. The summed E-state index contributed by atoms with van der Waals surface area (Å²) in [7, 11) is 1.50.